The molecule has 0 spiro atoms. The van der Waals surface area contributed by atoms with Crippen LogP contribution in [0.5, 0.6) is 5.75 Å². The van der Waals surface area contributed by atoms with Crippen molar-refractivity contribution < 1.29 is 22.4 Å². The molecule has 2 heterocycles. The summed E-state index contributed by atoms with van der Waals surface area (Å²) in [5, 5.41) is 5.01. The molecule has 0 saturated heterocycles. The van der Waals surface area contributed by atoms with Gasteiger partial charge in [0.25, 0.3) is 5.89 Å². The topological polar surface area (TPSA) is 63.9 Å². The summed E-state index contributed by atoms with van der Waals surface area (Å²) in [6, 6.07) is 12.4. The summed E-state index contributed by atoms with van der Waals surface area (Å²) in [6.07, 6.45) is -4.49. The summed E-state index contributed by atoms with van der Waals surface area (Å²) in [7, 11) is 0. The monoisotopic (exact) mass is 387 g/mol. The van der Waals surface area contributed by atoms with Crippen molar-refractivity contribution in [2.24, 2.45) is 0 Å². The molecule has 1 unspecified atom stereocenters. The van der Waals surface area contributed by atoms with E-state index in [1.165, 1.54) is 6.07 Å². The van der Waals surface area contributed by atoms with Crippen molar-refractivity contribution in [3.05, 3.63) is 54.2 Å². The van der Waals surface area contributed by atoms with Gasteiger partial charge in [-0.3, -0.25) is 0 Å². The van der Waals surface area contributed by atoms with Gasteiger partial charge < -0.3 is 14.2 Å². The van der Waals surface area contributed by atoms with Gasteiger partial charge in [-0.15, -0.1) is 0 Å². The minimum atomic E-state index is -4.42. The second-order valence-electron chi connectivity index (χ2n) is 6.45. The van der Waals surface area contributed by atoms with E-state index in [4.69, 9.17) is 9.26 Å². The van der Waals surface area contributed by atoms with Gasteiger partial charge in [0.2, 0.25) is 5.82 Å². The van der Waals surface area contributed by atoms with E-state index in [1.807, 2.05) is 30.5 Å². The number of halogens is 3. The number of aromatic nitrogens is 3. The molecule has 0 radical (unpaired) electrons. The van der Waals surface area contributed by atoms with Crippen LogP contribution in [0.2, 0.25) is 0 Å². The molecular formula is C20H16F3N3O2. The predicted octanol–water partition coefficient (Wildman–Crippen LogP) is 5.52. The zero-order chi connectivity index (χ0) is 19.9. The third-order valence-corrected chi connectivity index (χ3v) is 4.45. The molecule has 1 N–H and O–H groups in total. The average molecular weight is 387 g/mol. The number of nitrogens with one attached hydrogen (secondary N) is 1. The highest BCUT2D eigenvalue weighted by atomic mass is 19.4. The van der Waals surface area contributed by atoms with Gasteiger partial charge in [0, 0.05) is 28.2 Å². The maximum absolute atomic E-state index is 12.7. The number of benzene rings is 2. The van der Waals surface area contributed by atoms with Gasteiger partial charge in [0.1, 0.15) is 5.75 Å². The molecule has 0 aliphatic heterocycles. The lowest BCUT2D eigenvalue weighted by molar-refractivity contribution is -0.189. The van der Waals surface area contributed by atoms with Gasteiger partial charge in [-0.1, -0.05) is 17.3 Å². The van der Waals surface area contributed by atoms with Crippen LogP contribution in [-0.2, 0) is 0 Å². The maximum Gasteiger partial charge on any atom is 0.425 e. The highest BCUT2D eigenvalue weighted by molar-refractivity contribution is 5.93. The Morgan fingerprint density at radius 2 is 1.96 bits per heavy atom. The highest BCUT2D eigenvalue weighted by Gasteiger charge is 2.38. The average Bonchev–Trinajstić information content (AvgIpc) is 3.31. The molecule has 8 heteroatoms. The lowest BCUT2D eigenvalue weighted by Gasteiger charge is -2.19. The number of aryl methyl sites for hydroxylation is 1. The molecule has 0 amide bonds. The van der Waals surface area contributed by atoms with E-state index >= 15 is 0 Å². The van der Waals surface area contributed by atoms with Gasteiger partial charge in [0.15, 0.2) is 6.10 Å². The maximum atomic E-state index is 12.7. The van der Waals surface area contributed by atoms with Crippen LogP contribution >= 0.6 is 0 Å². The lowest BCUT2D eigenvalue weighted by Crippen LogP contribution is -2.31. The number of fused-ring (bicyclic) bond motifs is 1. The minimum Gasteiger partial charge on any atom is -0.481 e. The number of hydrogen-bond donors (Lipinski definition) is 1. The minimum absolute atomic E-state index is 0.158. The van der Waals surface area contributed by atoms with Crippen LogP contribution in [0.1, 0.15) is 12.5 Å². The molecule has 144 valence electrons. The van der Waals surface area contributed by atoms with E-state index in [0.29, 0.717) is 17.0 Å². The van der Waals surface area contributed by atoms with E-state index in [9.17, 15) is 13.2 Å². The normalized spacial score (nSPS) is 13.0. The fourth-order valence-electron chi connectivity index (χ4n) is 2.90. The smallest absolute Gasteiger partial charge is 0.425 e. The zero-order valence-corrected chi connectivity index (χ0v) is 15.0. The summed E-state index contributed by atoms with van der Waals surface area (Å²) in [5.41, 5.74) is 2.93. The molecule has 1 atom stereocenters. The van der Waals surface area contributed by atoms with Crippen molar-refractivity contribution in [2.45, 2.75) is 26.1 Å². The Kier molecular flexibility index (Phi) is 4.33. The molecule has 2 aromatic carbocycles. The summed E-state index contributed by atoms with van der Waals surface area (Å²) in [6.45, 7) is 2.64. The molecule has 2 aromatic heterocycles. The Labute approximate surface area is 158 Å². The van der Waals surface area contributed by atoms with Crippen molar-refractivity contribution >= 4 is 10.9 Å². The summed E-state index contributed by atoms with van der Waals surface area (Å²) in [5.74, 6) is 0.871. The SMILES string of the molecule is Cc1cc(-c2nc(-c3cccc4[nH]ccc34)no2)ccc1OC(C)C(F)(F)F. The second-order valence-corrected chi connectivity index (χ2v) is 6.45. The van der Waals surface area contributed by atoms with Crippen molar-refractivity contribution in [1.82, 2.24) is 15.1 Å². The van der Waals surface area contributed by atoms with Gasteiger partial charge in [-0.25, -0.2) is 0 Å². The number of hydrogen-bond acceptors (Lipinski definition) is 4. The van der Waals surface area contributed by atoms with Crippen molar-refractivity contribution in [3.8, 4) is 28.6 Å². The fraction of sp³-hybridized carbons (Fsp3) is 0.200. The zero-order valence-electron chi connectivity index (χ0n) is 15.0. The highest BCUT2D eigenvalue weighted by Crippen LogP contribution is 2.31. The van der Waals surface area contributed by atoms with Crippen LogP contribution in [0.25, 0.3) is 33.7 Å². The Hall–Kier alpha value is -3.29. The number of H-pyrrole nitrogens is 1. The molecule has 0 saturated carbocycles. The number of rotatable bonds is 4. The molecule has 0 aliphatic rings. The molecule has 4 rings (SSSR count). The summed E-state index contributed by atoms with van der Waals surface area (Å²) in [4.78, 5) is 7.57. The van der Waals surface area contributed by atoms with Crippen LogP contribution < -0.4 is 4.74 Å². The van der Waals surface area contributed by atoms with Gasteiger partial charge >= 0.3 is 6.18 Å². The Balaban J connectivity index is 1.62. The van der Waals surface area contributed by atoms with Crippen LogP contribution in [0.4, 0.5) is 13.2 Å². The van der Waals surface area contributed by atoms with Gasteiger partial charge in [-0.2, -0.15) is 18.2 Å². The third-order valence-electron chi connectivity index (χ3n) is 4.45. The van der Waals surface area contributed by atoms with E-state index < -0.39 is 12.3 Å². The fourth-order valence-corrected chi connectivity index (χ4v) is 2.90. The first kappa shape index (κ1) is 18.1. The quantitative estimate of drug-likeness (QED) is 0.501. The number of aromatic amines is 1. The van der Waals surface area contributed by atoms with Crippen LogP contribution in [0, 0.1) is 6.92 Å². The number of alkyl halides is 3. The number of nitrogens with zero attached hydrogens (tertiary/aromatic N) is 2. The van der Waals surface area contributed by atoms with Gasteiger partial charge in [0.05, 0.1) is 0 Å². The largest absolute Gasteiger partial charge is 0.481 e. The van der Waals surface area contributed by atoms with Crippen LogP contribution in [-0.4, -0.2) is 27.4 Å². The molecule has 0 fully saturated rings. The first-order valence-electron chi connectivity index (χ1n) is 8.57. The lowest BCUT2D eigenvalue weighted by atomic mass is 10.1. The molecule has 28 heavy (non-hydrogen) atoms. The van der Waals surface area contributed by atoms with Crippen LogP contribution in [0.15, 0.2) is 53.2 Å². The van der Waals surface area contributed by atoms with Crippen molar-refractivity contribution in [1.29, 1.82) is 0 Å². The Morgan fingerprint density at radius 3 is 2.71 bits per heavy atom. The first-order valence-corrected chi connectivity index (χ1v) is 8.57. The molecule has 0 bridgehead atoms. The standard InChI is InChI=1S/C20H16F3N3O2/c1-11-10-13(6-7-17(11)27-12(2)20(21,22)23)19-25-18(26-28-19)15-4-3-5-16-14(15)8-9-24-16/h3-10,12,24H,1-2H3. The molecule has 4 aromatic rings. The number of ether oxygens (including phenoxy) is 1. The van der Waals surface area contributed by atoms with Crippen LogP contribution in [0.3, 0.4) is 0 Å². The molecular weight excluding hydrogens is 371 g/mol. The predicted molar refractivity (Wildman–Crippen MR) is 97.9 cm³/mol. The van der Waals surface area contributed by atoms with E-state index in [2.05, 4.69) is 15.1 Å². The Morgan fingerprint density at radius 1 is 1.14 bits per heavy atom. The van der Waals surface area contributed by atoms with Crippen molar-refractivity contribution in [2.75, 3.05) is 0 Å². The second kappa shape index (κ2) is 6.70. The third kappa shape index (κ3) is 3.33. The molecule has 0 aliphatic carbocycles. The molecule has 5 nitrogen and oxygen atoms in total. The van der Waals surface area contributed by atoms with Gasteiger partial charge in [-0.05, 0) is 49.7 Å². The van der Waals surface area contributed by atoms with E-state index in [1.54, 1.807) is 19.1 Å². The first-order chi connectivity index (χ1) is 13.3. The summed E-state index contributed by atoms with van der Waals surface area (Å²) < 4.78 is 48.5. The van der Waals surface area contributed by atoms with E-state index in [-0.39, 0.29) is 11.6 Å². The Bertz CT molecular complexity index is 1130. The summed E-state index contributed by atoms with van der Waals surface area (Å²) >= 11 is 0. The van der Waals surface area contributed by atoms with Crippen molar-refractivity contribution in [3.63, 3.8) is 0 Å². The van der Waals surface area contributed by atoms with E-state index in [0.717, 1.165) is 23.4 Å².